The van der Waals surface area contributed by atoms with Crippen molar-refractivity contribution in [2.75, 3.05) is 6.61 Å². The molecular weight excluding hydrogens is 566 g/mol. The minimum atomic E-state index is -1.32. The predicted octanol–water partition coefficient (Wildman–Crippen LogP) is 0.760. The molecule has 3 amide bonds. The molecule has 0 bridgehead atoms. The van der Waals surface area contributed by atoms with E-state index in [1.54, 1.807) is 48.7 Å². The summed E-state index contributed by atoms with van der Waals surface area (Å²) in [5, 5.41) is 37.6. The number of phenolic OH excluding ortho intramolecular Hbond substituents is 1. The van der Waals surface area contributed by atoms with E-state index in [1.807, 2.05) is 24.3 Å². The molecule has 0 spiro atoms. The lowest BCUT2D eigenvalue weighted by Crippen LogP contribution is -2.58. The van der Waals surface area contributed by atoms with Crippen molar-refractivity contribution in [2.45, 2.75) is 43.4 Å². The van der Waals surface area contributed by atoms with Crippen molar-refractivity contribution in [1.29, 1.82) is 0 Å². The molecule has 0 saturated heterocycles. The highest BCUT2D eigenvalue weighted by atomic mass is 16.4. The van der Waals surface area contributed by atoms with Crippen molar-refractivity contribution in [3.8, 4) is 5.75 Å². The molecule has 3 aromatic carbocycles. The van der Waals surface area contributed by atoms with Crippen LogP contribution in [0.15, 0.2) is 85.1 Å². The molecule has 44 heavy (non-hydrogen) atoms. The number of amides is 3. The average molecular weight is 602 g/mol. The zero-order valence-electron chi connectivity index (χ0n) is 23.8. The molecule has 1 aromatic heterocycles. The van der Waals surface area contributed by atoms with Crippen LogP contribution in [0.25, 0.3) is 10.9 Å². The largest absolute Gasteiger partial charge is 0.508 e. The number of carboxylic acids is 1. The number of aromatic hydroxyl groups is 1. The normalized spacial score (nSPS) is 13.8. The number of carbonyl (C=O) groups excluding carboxylic acids is 3. The Morgan fingerprint density at radius 2 is 1.25 bits per heavy atom. The summed E-state index contributed by atoms with van der Waals surface area (Å²) >= 11 is 0. The summed E-state index contributed by atoms with van der Waals surface area (Å²) < 4.78 is 0. The van der Waals surface area contributed by atoms with Crippen LogP contribution in [0.1, 0.15) is 16.7 Å². The standard InChI is InChI=1S/C32H35N5O7/c33-24(18-38)29(40)35-26(14-19-6-2-1-3-7-19)30(41)36-27(15-20-10-12-22(39)13-11-20)31(42)37-28(32(43)44)16-21-17-34-25-9-5-4-8-23(21)25/h1-13,17,24,26-28,34,38-39H,14-16,18,33H2,(H,35,40)(H,36,41)(H,37,42)(H,43,44). The number of aliphatic hydroxyl groups is 1. The van der Waals surface area contributed by atoms with Crippen LogP contribution in [-0.4, -0.2) is 74.8 Å². The van der Waals surface area contributed by atoms with Gasteiger partial charge in [0.15, 0.2) is 0 Å². The van der Waals surface area contributed by atoms with E-state index in [0.29, 0.717) is 11.1 Å². The third-order valence-corrected chi connectivity index (χ3v) is 7.17. The summed E-state index contributed by atoms with van der Waals surface area (Å²) in [5.74, 6) is -3.47. The first kappa shape index (κ1) is 31.7. The maximum Gasteiger partial charge on any atom is 0.326 e. The van der Waals surface area contributed by atoms with E-state index in [2.05, 4.69) is 20.9 Å². The van der Waals surface area contributed by atoms with Gasteiger partial charge in [-0.25, -0.2) is 4.79 Å². The van der Waals surface area contributed by atoms with Gasteiger partial charge in [-0.2, -0.15) is 0 Å². The second-order valence-electron chi connectivity index (χ2n) is 10.4. The number of aromatic nitrogens is 1. The number of nitrogens with two attached hydrogens (primary N) is 1. The Morgan fingerprint density at radius 3 is 1.86 bits per heavy atom. The van der Waals surface area contributed by atoms with Gasteiger partial charge in [-0.3, -0.25) is 14.4 Å². The summed E-state index contributed by atoms with van der Waals surface area (Å²) in [6.45, 7) is -0.635. The number of carboxylic acid groups (broad SMARTS) is 1. The third-order valence-electron chi connectivity index (χ3n) is 7.17. The lowest BCUT2D eigenvalue weighted by atomic mass is 10.0. The highest BCUT2D eigenvalue weighted by Gasteiger charge is 2.31. The van der Waals surface area contributed by atoms with Crippen LogP contribution in [0.4, 0.5) is 0 Å². The molecule has 1 heterocycles. The van der Waals surface area contributed by atoms with Gasteiger partial charge in [-0.05, 0) is 34.9 Å². The summed E-state index contributed by atoms with van der Waals surface area (Å²) in [4.78, 5) is 55.1. The maximum atomic E-state index is 13.6. The minimum absolute atomic E-state index is 0.00863. The Balaban J connectivity index is 1.57. The monoisotopic (exact) mass is 601 g/mol. The van der Waals surface area contributed by atoms with Crippen LogP contribution in [0.3, 0.4) is 0 Å². The zero-order chi connectivity index (χ0) is 31.6. The molecule has 12 nitrogen and oxygen atoms in total. The summed E-state index contributed by atoms with van der Waals surface area (Å²) in [6.07, 6.45) is 1.69. The van der Waals surface area contributed by atoms with E-state index >= 15 is 0 Å². The summed E-state index contributed by atoms with van der Waals surface area (Å²) in [5.41, 5.74) is 8.47. The summed E-state index contributed by atoms with van der Waals surface area (Å²) in [6, 6.07) is 17.3. The van der Waals surface area contributed by atoms with Crippen molar-refractivity contribution in [2.24, 2.45) is 5.73 Å². The lowest BCUT2D eigenvalue weighted by molar-refractivity contribution is -0.142. The van der Waals surface area contributed by atoms with Crippen molar-refractivity contribution in [3.05, 3.63) is 102 Å². The molecular formula is C32H35N5O7. The predicted molar refractivity (Wildman–Crippen MR) is 162 cm³/mol. The van der Waals surface area contributed by atoms with Crippen molar-refractivity contribution in [1.82, 2.24) is 20.9 Å². The Hall–Kier alpha value is -5.20. The van der Waals surface area contributed by atoms with Crippen molar-refractivity contribution in [3.63, 3.8) is 0 Å². The average Bonchev–Trinajstić information content (AvgIpc) is 3.43. The fraction of sp³-hybridized carbons (Fsp3) is 0.250. The van der Waals surface area contributed by atoms with Gasteiger partial charge in [-0.15, -0.1) is 0 Å². The Bertz CT molecular complexity index is 1590. The number of rotatable bonds is 14. The number of aliphatic carboxylic acids is 1. The highest BCUT2D eigenvalue weighted by molar-refractivity contribution is 5.94. The smallest absolute Gasteiger partial charge is 0.326 e. The van der Waals surface area contributed by atoms with Crippen LogP contribution in [-0.2, 0) is 38.4 Å². The molecule has 4 atom stereocenters. The molecule has 4 aromatic rings. The lowest BCUT2D eigenvalue weighted by Gasteiger charge is -2.25. The number of hydrogen-bond donors (Lipinski definition) is 8. The van der Waals surface area contributed by atoms with Crippen LogP contribution in [0.2, 0.25) is 0 Å². The molecule has 4 rings (SSSR count). The fourth-order valence-corrected chi connectivity index (χ4v) is 4.76. The number of carbonyl (C=O) groups is 4. The number of nitrogens with one attached hydrogen (secondary N) is 4. The van der Waals surface area contributed by atoms with Crippen molar-refractivity contribution >= 4 is 34.6 Å². The number of aliphatic hydroxyl groups excluding tert-OH is 1. The van der Waals surface area contributed by atoms with Crippen LogP contribution in [0, 0.1) is 0 Å². The van der Waals surface area contributed by atoms with Gasteiger partial charge in [0.05, 0.1) is 6.61 Å². The zero-order valence-corrected chi connectivity index (χ0v) is 23.8. The van der Waals surface area contributed by atoms with E-state index < -0.39 is 54.5 Å². The molecule has 4 unspecified atom stereocenters. The van der Waals surface area contributed by atoms with Gasteiger partial charge in [0.2, 0.25) is 17.7 Å². The second-order valence-corrected chi connectivity index (χ2v) is 10.4. The first-order valence-electron chi connectivity index (χ1n) is 14.0. The molecule has 0 saturated carbocycles. The number of fused-ring (bicyclic) bond motifs is 1. The van der Waals surface area contributed by atoms with Crippen molar-refractivity contribution < 1.29 is 34.5 Å². The molecule has 0 radical (unpaired) electrons. The van der Waals surface area contributed by atoms with E-state index in [-0.39, 0.29) is 25.0 Å². The second kappa shape index (κ2) is 14.8. The minimum Gasteiger partial charge on any atom is -0.508 e. The van der Waals surface area contributed by atoms with E-state index in [1.165, 1.54) is 12.1 Å². The number of aromatic amines is 1. The Kier molecular flexibility index (Phi) is 10.7. The fourth-order valence-electron chi connectivity index (χ4n) is 4.76. The number of phenols is 1. The Morgan fingerprint density at radius 1 is 0.705 bits per heavy atom. The molecule has 0 aliphatic carbocycles. The van der Waals surface area contributed by atoms with Gasteiger partial charge in [0, 0.05) is 36.4 Å². The van der Waals surface area contributed by atoms with E-state index in [0.717, 1.165) is 16.5 Å². The van der Waals surface area contributed by atoms with Crippen LogP contribution in [0.5, 0.6) is 5.75 Å². The molecule has 0 aliphatic rings. The van der Waals surface area contributed by atoms with Crippen LogP contribution < -0.4 is 21.7 Å². The van der Waals surface area contributed by atoms with E-state index in [9.17, 15) is 34.5 Å². The van der Waals surface area contributed by atoms with Crippen LogP contribution >= 0.6 is 0 Å². The molecule has 12 heteroatoms. The Labute approximate surface area is 253 Å². The number of hydrogen-bond acceptors (Lipinski definition) is 7. The summed E-state index contributed by atoms with van der Waals surface area (Å²) in [7, 11) is 0. The number of para-hydroxylation sites is 1. The number of benzene rings is 3. The van der Waals surface area contributed by atoms with Gasteiger partial charge >= 0.3 is 5.97 Å². The maximum absolute atomic E-state index is 13.6. The molecule has 9 N–H and O–H groups in total. The first-order chi connectivity index (χ1) is 21.1. The number of H-pyrrole nitrogens is 1. The SMILES string of the molecule is NC(CO)C(=O)NC(Cc1ccccc1)C(=O)NC(Cc1ccc(O)cc1)C(=O)NC(Cc1c[nH]c2ccccc12)C(=O)O. The molecule has 0 fully saturated rings. The molecule has 0 aliphatic heterocycles. The quantitative estimate of drug-likeness (QED) is 0.103. The molecule has 230 valence electrons. The van der Waals surface area contributed by atoms with Gasteiger partial charge in [0.1, 0.15) is 29.9 Å². The van der Waals surface area contributed by atoms with Gasteiger partial charge < -0.3 is 42.0 Å². The first-order valence-corrected chi connectivity index (χ1v) is 14.0. The highest BCUT2D eigenvalue weighted by Crippen LogP contribution is 2.19. The van der Waals surface area contributed by atoms with E-state index in [4.69, 9.17) is 5.73 Å². The third kappa shape index (κ3) is 8.43. The topological polar surface area (TPSA) is 207 Å². The van der Waals surface area contributed by atoms with Gasteiger partial charge in [-0.1, -0.05) is 60.7 Å². The van der Waals surface area contributed by atoms with Gasteiger partial charge in [0.25, 0.3) is 0 Å².